The first kappa shape index (κ1) is 28.4. The summed E-state index contributed by atoms with van der Waals surface area (Å²) in [6, 6.07) is 67.5. The second kappa shape index (κ2) is 11.5. The molecule has 0 radical (unpaired) electrons. The molecule has 234 valence electrons. The number of nitrogens with zero attached hydrogens (tertiary/aromatic N) is 1. The molecule has 0 amide bonds. The Morgan fingerprint density at radius 1 is 0.360 bits per heavy atom. The lowest BCUT2D eigenvalue weighted by atomic mass is 9.96. The van der Waals surface area contributed by atoms with Crippen LogP contribution in [0.1, 0.15) is 0 Å². The first-order valence-corrected chi connectivity index (χ1v) is 17.1. The highest BCUT2D eigenvalue weighted by molar-refractivity contribution is 6.18. The van der Waals surface area contributed by atoms with Gasteiger partial charge in [0.05, 0.1) is 16.8 Å². The van der Waals surface area contributed by atoms with Crippen molar-refractivity contribution in [3.8, 4) is 22.3 Å². The van der Waals surface area contributed by atoms with Crippen LogP contribution in [0, 0.1) is 0 Å². The molecule has 2 heteroatoms. The Morgan fingerprint density at radius 3 is 1.80 bits per heavy atom. The van der Waals surface area contributed by atoms with E-state index in [2.05, 4.69) is 193 Å². The normalized spacial score (nSPS) is 11.6. The van der Waals surface area contributed by atoms with E-state index in [1.807, 2.05) is 0 Å². The average Bonchev–Trinajstić information content (AvgIpc) is 3.58. The van der Waals surface area contributed by atoms with Gasteiger partial charge in [-0.2, -0.15) is 0 Å². The fourth-order valence-corrected chi connectivity index (χ4v) is 7.66. The van der Waals surface area contributed by atoms with Crippen LogP contribution in [0.15, 0.2) is 192 Å². The SMILES string of the molecule is c1ccc2cc(-c3ccc(N(c4ccc(-c5cccc6ccccc56)cc4)c4cccc5ccccc45)c4c3oc3ccccc34)ccc2c1. The molecular formula is C48H31NO. The number of rotatable bonds is 5. The van der Waals surface area contributed by atoms with Crippen molar-refractivity contribution < 1.29 is 4.42 Å². The highest BCUT2D eigenvalue weighted by Crippen LogP contribution is 2.48. The van der Waals surface area contributed by atoms with E-state index >= 15 is 0 Å². The maximum atomic E-state index is 6.79. The Balaban J connectivity index is 1.22. The molecule has 0 saturated carbocycles. The van der Waals surface area contributed by atoms with Crippen LogP contribution in [0.4, 0.5) is 17.1 Å². The quantitative estimate of drug-likeness (QED) is 0.187. The second-order valence-corrected chi connectivity index (χ2v) is 12.9. The predicted octanol–water partition coefficient (Wildman–Crippen LogP) is 13.8. The van der Waals surface area contributed by atoms with Gasteiger partial charge in [0, 0.05) is 22.0 Å². The van der Waals surface area contributed by atoms with Crippen molar-refractivity contribution in [3.05, 3.63) is 188 Å². The van der Waals surface area contributed by atoms with E-state index in [-0.39, 0.29) is 0 Å². The Kier molecular flexibility index (Phi) is 6.53. The zero-order valence-electron chi connectivity index (χ0n) is 27.3. The van der Waals surface area contributed by atoms with Crippen LogP contribution in [0.5, 0.6) is 0 Å². The van der Waals surface area contributed by atoms with Crippen molar-refractivity contribution in [3.63, 3.8) is 0 Å². The van der Waals surface area contributed by atoms with Gasteiger partial charge in [0.1, 0.15) is 11.2 Å². The highest BCUT2D eigenvalue weighted by atomic mass is 16.3. The Labute approximate surface area is 290 Å². The number of fused-ring (bicyclic) bond motifs is 6. The van der Waals surface area contributed by atoms with Crippen molar-refractivity contribution in [1.29, 1.82) is 0 Å². The summed E-state index contributed by atoms with van der Waals surface area (Å²) in [6.45, 7) is 0. The lowest BCUT2D eigenvalue weighted by Gasteiger charge is -2.28. The molecule has 0 aliphatic rings. The number of benzene rings is 9. The van der Waals surface area contributed by atoms with E-state index in [0.29, 0.717) is 0 Å². The highest BCUT2D eigenvalue weighted by Gasteiger charge is 2.23. The van der Waals surface area contributed by atoms with E-state index in [0.717, 1.165) is 50.1 Å². The summed E-state index contributed by atoms with van der Waals surface area (Å²) in [6.07, 6.45) is 0. The van der Waals surface area contributed by atoms with E-state index in [1.165, 1.54) is 43.4 Å². The topological polar surface area (TPSA) is 16.4 Å². The molecule has 0 atom stereocenters. The van der Waals surface area contributed by atoms with Crippen LogP contribution in [0.2, 0.25) is 0 Å². The van der Waals surface area contributed by atoms with Gasteiger partial charge < -0.3 is 9.32 Å². The summed E-state index contributed by atoms with van der Waals surface area (Å²) < 4.78 is 6.79. The van der Waals surface area contributed by atoms with Crippen LogP contribution in [0.3, 0.4) is 0 Å². The van der Waals surface area contributed by atoms with Crippen LogP contribution in [-0.2, 0) is 0 Å². The summed E-state index contributed by atoms with van der Waals surface area (Å²) in [7, 11) is 0. The third kappa shape index (κ3) is 4.57. The third-order valence-corrected chi connectivity index (χ3v) is 10.0. The summed E-state index contributed by atoms with van der Waals surface area (Å²) in [4.78, 5) is 2.41. The van der Waals surface area contributed by atoms with Gasteiger partial charge in [-0.05, 0) is 86.1 Å². The first-order chi connectivity index (χ1) is 24.8. The Hall–Kier alpha value is -6.64. The zero-order valence-corrected chi connectivity index (χ0v) is 27.3. The number of para-hydroxylation sites is 1. The monoisotopic (exact) mass is 637 g/mol. The van der Waals surface area contributed by atoms with Crippen molar-refractivity contribution in [1.82, 2.24) is 0 Å². The number of furan rings is 1. The van der Waals surface area contributed by atoms with Crippen LogP contribution >= 0.6 is 0 Å². The van der Waals surface area contributed by atoms with Gasteiger partial charge in [0.15, 0.2) is 0 Å². The largest absolute Gasteiger partial charge is 0.455 e. The molecule has 0 fully saturated rings. The molecule has 0 aliphatic heterocycles. The van der Waals surface area contributed by atoms with Crippen LogP contribution in [0.25, 0.3) is 76.5 Å². The number of anilines is 3. The van der Waals surface area contributed by atoms with Crippen LogP contribution in [-0.4, -0.2) is 0 Å². The minimum Gasteiger partial charge on any atom is -0.455 e. The Bertz CT molecular complexity index is 2870. The molecule has 10 aromatic rings. The average molecular weight is 638 g/mol. The fraction of sp³-hybridized carbons (Fsp3) is 0. The minimum atomic E-state index is 0.876. The van der Waals surface area contributed by atoms with E-state index in [9.17, 15) is 0 Å². The van der Waals surface area contributed by atoms with Crippen molar-refractivity contribution in [2.75, 3.05) is 4.90 Å². The molecule has 0 saturated heterocycles. The van der Waals surface area contributed by atoms with Gasteiger partial charge in [0.25, 0.3) is 0 Å². The third-order valence-electron chi connectivity index (χ3n) is 10.0. The molecule has 0 aliphatic carbocycles. The lowest BCUT2D eigenvalue weighted by molar-refractivity contribution is 0.670. The van der Waals surface area contributed by atoms with Gasteiger partial charge in [-0.15, -0.1) is 0 Å². The van der Waals surface area contributed by atoms with Crippen molar-refractivity contribution >= 4 is 71.3 Å². The van der Waals surface area contributed by atoms with Gasteiger partial charge in [-0.3, -0.25) is 0 Å². The predicted molar refractivity (Wildman–Crippen MR) is 212 cm³/mol. The molecule has 9 aromatic carbocycles. The number of hydrogen-bond donors (Lipinski definition) is 0. The number of hydrogen-bond acceptors (Lipinski definition) is 2. The summed E-state index contributed by atoms with van der Waals surface area (Å²) in [5, 5.41) is 9.51. The van der Waals surface area contributed by atoms with Gasteiger partial charge in [0.2, 0.25) is 0 Å². The summed E-state index contributed by atoms with van der Waals surface area (Å²) >= 11 is 0. The van der Waals surface area contributed by atoms with E-state index in [1.54, 1.807) is 0 Å². The standard InChI is InChI=1S/C48H31NO/c1-2-14-36-31-37(24-23-32(36)11-1)42-29-30-45(47-43-19-7-8-22-46(43)50-48(42)47)49(44-21-10-16-34-13-4-6-18-41(34)44)38-27-25-35(26-28-38)40-20-9-15-33-12-3-5-17-39(33)40/h1-31H. The van der Waals surface area contributed by atoms with Crippen LogP contribution < -0.4 is 4.90 Å². The van der Waals surface area contributed by atoms with Gasteiger partial charge in [-0.1, -0.05) is 146 Å². The van der Waals surface area contributed by atoms with Crippen molar-refractivity contribution in [2.24, 2.45) is 0 Å². The summed E-state index contributed by atoms with van der Waals surface area (Å²) in [5.41, 5.74) is 9.66. The fourth-order valence-electron chi connectivity index (χ4n) is 7.66. The molecule has 1 aromatic heterocycles. The molecule has 2 nitrogen and oxygen atoms in total. The molecule has 10 rings (SSSR count). The Morgan fingerprint density at radius 2 is 0.980 bits per heavy atom. The first-order valence-electron chi connectivity index (χ1n) is 17.1. The molecule has 0 spiro atoms. The minimum absolute atomic E-state index is 0.876. The molecule has 1 heterocycles. The lowest BCUT2D eigenvalue weighted by Crippen LogP contribution is -2.11. The smallest absolute Gasteiger partial charge is 0.145 e. The maximum Gasteiger partial charge on any atom is 0.145 e. The van der Waals surface area contributed by atoms with E-state index < -0.39 is 0 Å². The zero-order chi connectivity index (χ0) is 33.0. The van der Waals surface area contributed by atoms with Gasteiger partial charge >= 0.3 is 0 Å². The molecule has 50 heavy (non-hydrogen) atoms. The van der Waals surface area contributed by atoms with Crippen molar-refractivity contribution in [2.45, 2.75) is 0 Å². The molecular weight excluding hydrogens is 607 g/mol. The molecule has 0 N–H and O–H groups in total. The van der Waals surface area contributed by atoms with Gasteiger partial charge in [-0.25, -0.2) is 0 Å². The maximum absolute atomic E-state index is 6.79. The van der Waals surface area contributed by atoms with E-state index in [4.69, 9.17) is 4.42 Å². The second-order valence-electron chi connectivity index (χ2n) is 12.9. The summed E-state index contributed by atoms with van der Waals surface area (Å²) in [5.74, 6) is 0. The molecule has 0 bridgehead atoms. The molecule has 0 unspecified atom stereocenters.